The minimum atomic E-state index is -0.239. The summed E-state index contributed by atoms with van der Waals surface area (Å²) in [5, 5.41) is 6.59. The Morgan fingerprint density at radius 2 is 2.09 bits per heavy atom. The molecule has 0 fully saturated rings. The van der Waals surface area contributed by atoms with Gasteiger partial charge in [0.05, 0.1) is 18.3 Å². The molecule has 2 unspecified atom stereocenters. The van der Waals surface area contributed by atoms with E-state index >= 15 is 0 Å². The largest absolute Gasteiger partial charge is 0.487 e. The van der Waals surface area contributed by atoms with Gasteiger partial charge in [-0.05, 0) is 37.6 Å². The first-order valence-electron chi connectivity index (χ1n) is 7.99. The Morgan fingerprint density at radius 3 is 2.87 bits per heavy atom. The van der Waals surface area contributed by atoms with Gasteiger partial charge in [-0.15, -0.1) is 0 Å². The van der Waals surface area contributed by atoms with E-state index in [0.717, 1.165) is 18.0 Å². The SMILES string of the molecule is CC1CNc2cc(C(=O)C(C)NCc3ccccc3)ccc2O1. The molecule has 0 aromatic heterocycles. The van der Waals surface area contributed by atoms with Crippen LogP contribution in [0.1, 0.15) is 29.8 Å². The summed E-state index contributed by atoms with van der Waals surface area (Å²) in [5.74, 6) is 0.898. The number of ketones is 1. The molecule has 2 aromatic rings. The van der Waals surface area contributed by atoms with Crippen molar-refractivity contribution in [2.45, 2.75) is 32.5 Å². The Balaban J connectivity index is 1.65. The quantitative estimate of drug-likeness (QED) is 0.833. The summed E-state index contributed by atoms with van der Waals surface area (Å²) >= 11 is 0. The fourth-order valence-corrected chi connectivity index (χ4v) is 2.65. The molecule has 1 aliphatic heterocycles. The van der Waals surface area contributed by atoms with E-state index in [0.29, 0.717) is 12.1 Å². The fraction of sp³-hybridized carbons (Fsp3) is 0.316. The van der Waals surface area contributed by atoms with Crippen molar-refractivity contribution in [2.24, 2.45) is 0 Å². The molecule has 3 rings (SSSR count). The maximum absolute atomic E-state index is 12.6. The molecule has 120 valence electrons. The van der Waals surface area contributed by atoms with E-state index in [1.807, 2.05) is 62.4 Å². The van der Waals surface area contributed by atoms with Gasteiger partial charge in [0.15, 0.2) is 5.78 Å². The Labute approximate surface area is 136 Å². The van der Waals surface area contributed by atoms with Crippen molar-refractivity contribution in [1.82, 2.24) is 5.32 Å². The molecule has 2 aromatic carbocycles. The highest BCUT2D eigenvalue weighted by atomic mass is 16.5. The van der Waals surface area contributed by atoms with E-state index in [1.54, 1.807) is 0 Å². The highest BCUT2D eigenvalue weighted by Crippen LogP contribution is 2.30. The van der Waals surface area contributed by atoms with Crippen LogP contribution in [0.5, 0.6) is 5.75 Å². The Bertz CT molecular complexity index is 685. The summed E-state index contributed by atoms with van der Waals surface area (Å²) in [6, 6.07) is 15.4. The monoisotopic (exact) mass is 310 g/mol. The lowest BCUT2D eigenvalue weighted by Gasteiger charge is -2.25. The maximum atomic E-state index is 12.6. The van der Waals surface area contributed by atoms with Crippen molar-refractivity contribution in [3.05, 3.63) is 59.7 Å². The van der Waals surface area contributed by atoms with Crippen molar-refractivity contribution in [2.75, 3.05) is 11.9 Å². The van der Waals surface area contributed by atoms with Crippen LogP contribution in [-0.4, -0.2) is 24.5 Å². The average Bonchev–Trinajstić information content (AvgIpc) is 2.59. The van der Waals surface area contributed by atoms with Crippen LogP contribution in [0.4, 0.5) is 5.69 Å². The summed E-state index contributed by atoms with van der Waals surface area (Å²) in [4.78, 5) is 12.6. The minimum Gasteiger partial charge on any atom is -0.487 e. The number of nitrogens with one attached hydrogen (secondary N) is 2. The van der Waals surface area contributed by atoms with E-state index in [9.17, 15) is 4.79 Å². The van der Waals surface area contributed by atoms with E-state index in [1.165, 1.54) is 5.56 Å². The highest BCUT2D eigenvalue weighted by Gasteiger charge is 2.19. The van der Waals surface area contributed by atoms with Crippen LogP contribution in [0.15, 0.2) is 48.5 Å². The van der Waals surface area contributed by atoms with Crippen molar-refractivity contribution in [1.29, 1.82) is 0 Å². The van der Waals surface area contributed by atoms with Gasteiger partial charge in [0.2, 0.25) is 0 Å². The molecule has 0 amide bonds. The lowest BCUT2D eigenvalue weighted by atomic mass is 10.0. The van der Waals surface area contributed by atoms with E-state index in [-0.39, 0.29) is 17.9 Å². The minimum absolute atomic E-state index is 0.0872. The molecule has 4 heteroatoms. The molecule has 1 aliphatic rings. The molecule has 4 nitrogen and oxygen atoms in total. The average molecular weight is 310 g/mol. The first-order chi connectivity index (χ1) is 11.1. The number of hydrogen-bond donors (Lipinski definition) is 2. The topological polar surface area (TPSA) is 50.4 Å². The smallest absolute Gasteiger partial charge is 0.179 e. The molecular weight excluding hydrogens is 288 g/mol. The van der Waals surface area contributed by atoms with E-state index < -0.39 is 0 Å². The number of anilines is 1. The van der Waals surface area contributed by atoms with Gasteiger partial charge < -0.3 is 15.4 Å². The summed E-state index contributed by atoms with van der Waals surface area (Å²) in [5.41, 5.74) is 2.76. The number of carbonyl (C=O) groups excluding carboxylic acids is 1. The third kappa shape index (κ3) is 3.71. The normalized spacial score (nSPS) is 17.6. The number of rotatable bonds is 5. The molecule has 0 aliphatic carbocycles. The Morgan fingerprint density at radius 1 is 1.30 bits per heavy atom. The zero-order valence-electron chi connectivity index (χ0n) is 13.5. The molecule has 23 heavy (non-hydrogen) atoms. The fourth-order valence-electron chi connectivity index (χ4n) is 2.65. The summed E-state index contributed by atoms with van der Waals surface area (Å²) in [6.07, 6.45) is 0.149. The third-order valence-electron chi connectivity index (χ3n) is 4.02. The Hall–Kier alpha value is -2.33. The Kier molecular flexibility index (Phi) is 4.63. The van der Waals surface area contributed by atoms with E-state index in [4.69, 9.17) is 4.74 Å². The first-order valence-corrected chi connectivity index (χ1v) is 7.99. The lowest BCUT2D eigenvalue weighted by Crippen LogP contribution is -2.34. The maximum Gasteiger partial charge on any atom is 0.179 e. The number of Topliss-reactive ketones (excluding diaryl/α,β-unsaturated/α-hetero) is 1. The number of hydrogen-bond acceptors (Lipinski definition) is 4. The van der Waals surface area contributed by atoms with Crippen LogP contribution >= 0.6 is 0 Å². The number of ether oxygens (including phenoxy) is 1. The van der Waals surface area contributed by atoms with Crippen LogP contribution in [-0.2, 0) is 6.54 Å². The van der Waals surface area contributed by atoms with E-state index in [2.05, 4.69) is 10.6 Å². The molecule has 0 bridgehead atoms. The second kappa shape index (κ2) is 6.84. The lowest BCUT2D eigenvalue weighted by molar-refractivity contribution is 0.0950. The molecule has 2 N–H and O–H groups in total. The summed E-state index contributed by atoms with van der Waals surface area (Å²) in [6.45, 7) is 5.35. The van der Waals surface area contributed by atoms with Gasteiger partial charge in [-0.1, -0.05) is 30.3 Å². The number of fused-ring (bicyclic) bond motifs is 1. The van der Waals surface area contributed by atoms with Crippen LogP contribution in [0.3, 0.4) is 0 Å². The highest BCUT2D eigenvalue weighted by molar-refractivity contribution is 6.01. The van der Waals surface area contributed by atoms with Gasteiger partial charge in [0, 0.05) is 12.1 Å². The van der Waals surface area contributed by atoms with Crippen molar-refractivity contribution in [3.63, 3.8) is 0 Å². The van der Waals surface area contributed by atoms with Crippen molar-refractivity contribution in [3.8, 4) is 5.75 Å². The molecule has 1 heterocycles. The zero-order chi connectivity index (χ0) is 16.2. The summed E-state index contributed by atoms with van der Waals surface area (Å²) in [7, 11) is 0. The first kappa shape index (κ1) is 15.6. The second-order valence-electron chi connectivity index (χ2n) is 5.97. The second-order valence-corrected chi connectivity index (χ2v) is 5.97. The molecule has 0 saturated heterocycles. The van der Waals surface area contributed by atoms with Gasteiger partial charge in [-0.2, -0.15) is 0 Å². The van der Waals surface area contributed by atoms with Gasteiger partial charge in [-0.3, -0.25) is 4.79 Å². The molecule has 0 saturated carbocycles. The van der Waals surface area contributed by atoms with Crippen LogP contribution < -0.4 is 15.4 Å². The molecule has 0 radical (unpaired) electrons. The predicted octanol–water partition coefficient (Wildman–Crippen LogP) is 3.24. The number of benzene rings is 2. The zero-order valence-corrected chi connectivity index (χ0v) is 13.5. The van der Waals surface area contributed by atoms with Gasteiger partial charge in [0.25, 0.3) is 0 Å². The van der Waals surface area contributed by atoms with Crippen molar-refractivity contribution < 1.29 is 9.53 Å². The standard InChI is InChI=1S/C19H22N2O2/c1-13-11-21-17-10-16(8-9-18(17)23-13)19(22)14(2)20-12-15-6-4-3-5-7-15/h3-10,13-14,20-21H,11-12H2,1-2H3. The third-order valence-corrected chi connectivity index (χ3v) is 4.02. The molecule has 0 spiro atoms. The van der Waals surface area contributed by atoms with Crippen LogP contribution in [0.2, 0.25) is 0 Å². The predicted molar refractivity (Wildman–Crippen MR) is 92.1 cm³/mol. The van der Waals surface area contributed by atoms with Crippen LogP contribution in [0, 0.1) is 0 Å². The van der Waals surface area contributed by atoms with Gasteiger partial charge in [-0.25, -0.2) is 0 Å². The molecular formula is C19H22N2O2. The summed E-state index contributed by atoms with van der Waals surface area (Å²) < 4.78 is 5.74. The van der Waals surface area contributed by atoms with Gasteiger partial charge in [0.1, 0.15) is 11.9 Å². The molecule has 2 atom stereocenters. The van der Waals surface area contributed by atoms with Crippen LogP contribution in [0.25, 0.3) is 0 Å². The number of carbonyl (C=O) groups is 1. The van der Waals surface area contributed by atoms with Gasteiger partial charge >= 0.3 is 0 Å². The van der Waals surface area contributed by atoms with Crippen molar-refractivity contribution >= 4 is 11.5 Å².